The van der Waals surface area contributed by atoms with Crippen LogP contribution in [0.15, 0.2) is 0 Å². The maximum Gasteiger partial charge on any atom is 0.324 e. The lowest BCUT2D eigenvalue weighted by atomic mass is 10.3. The van der Waals surface area contributed by atoms with Crippen LogP contribution in [0, 0.1) is 0 Å². The molecule has 0 rings (SSSR count). The maximum atomic E-state index is 12.1. The lowest BCUT2D eigenvalue weighted by molar-refractivity contribution is -0.123. The second kappa shape index (κ2) is 4.13. The van der Waals surface area contributed by atoms with Crippen molar-refractivity contribution in [2.75, 3.05) is 13.6 Å². The summed E-state index contributed by atoms with van der Waals surface area (Å²) in [6, 6.07) is -0.921. The molecule has 0 aliphatic carbocycles. The number of carbonyl (C=O) groups excluding carboxylic acids is 1. The number of halogens is 4. The smallest absolute Gasteiger partial charge is 0.324 e. The molecule has 72 valence electrons. The fourth-order valence-electron chi connectivity index (χ4n) is 0.364. The molecule has 0 spiro atoms. The van der Waals surface area contributed by atoms with Crippen molar-refractivity contribution in [3.8, 4) is 0 Å². The van der Waals surface area contributed by atoms with Crippen LogP contribution in [0.3, 0.4) is 0 Å². The van der Waals surface area contributed by atoms with Crippen LogP contribution in [-0.4, -0.2) is 32.0 Å². The first-order chi connectivity index (χ1) is 5.40. The van der Waals surface area contributed by atoms with E-state index < -0.39 is 24.9 Å². The monoisotopic (exact) mass is 188 g/mol. The third kappa shape index (κ3) is 3.40. The van der Waals surface area contributed by atoms with E-state index in [-0.39, 0.29) is 0 Å². The van der Waals surface area contributed by atoms with Gasteiger partial charge >= 0.3 is 18.4 Å². The van der Waals surface area contributed by atoms with Crippen LogP contribution in [0.25, 0.3) is 0 Å². The van der Waals surface area contributed by atoms with E-state index >= 15 is 0 Å². The SMILES string of the molecule is CNC(=O)NCC(F)(F)C(F)F. The Morgan fingerprint density at radius 3 is 2.33 bits per heavy atom. The van der Waals surface area contributed by atoms with Gasteiger partial charge in [-0.25, -0.2) is 13.6 Å². The molecule has 0 heterocycles. The molecule has 0 aliphatic rings. The first-order valence-corrected chi connectivity index (χ1v) is 3.01. The van der Waals surface area contributed by atoms with E-state index in [0.717, 1.165) is 0 Å². The molecule has 0 aromatic carbocycles. The highest BCUT2D eigenvalue weighted by atomic mass is 19.3. The number of nitrogens with one attached hydrogen (secondary N) is 2. The minimum absolute atomic E-state index is 0.921. The summed E-state index contributed by atoms with van der Waals surface area (Å²) < 4.78 is 47.0. The number of hydrogen-bond acceptors (Lipinski definition) is 1. The zero-order valence-corrected chi connectivity index (χ0v) is 6.20. The highest BCUT2D eigenvalue weighted by Gasteiger charge is 2.40. The van der Waals surface area contributed by atoms with Gasteiger partial charge in [-0.05, 0) is 0 Å². The number of hydrogen-bond donors (Lipinski definition) is 2. The first kappa shape index (κ1) is 11.0. The summed E-state index contributed by atoms with van der Waals surface area (Å²) in [6.45, 7) is -1.37. The van der Waals surface area contributed by atoms with Crippen LogP contribution >= 0.6 is 0 Å². The summed E-state index contributed by atoms with van der Waals surface area (Å²) >= 11 is 0. The van der Waals surface area contributed by atoms with E-state index in [9.17, 15) is 22.4 Å². The predicted molar refractivity (Wildman–Crippen MR) is 33.4 cm³/mol. The Hall–Kier alpha value is -1.01. The van der Waals surface area contributed by atoms with Crippen LogP contribution < -0.4 is 10.6 Å². The molecule has 0 saturated carbocycles. The number of amides is 2. The topological polar surface area (TPSA) is 41.1 Å². The Morgan fingerprint density at radius 2 is 2.00 bits per heavy atom. The van der Waals surface area contributed by atoms with Crippen molar-refractivity contribution >= 4 is 6.03 Å². The van der Waals surface area contributed by atoms with Gasteiger partial charge in [0, 0.05) is 7.05 Å². The third-order valence-electron chi connectivity index (χ3n) is 1.03. The van der Waals surface area contributed by atoms with E-state index in [4.69, 9.17) is 0 Å². The number of alkyl halides is 4. The summed E-state index contributed by atoms with van der Waals surface area (Å²) in [5.74, 6) is -4.17. The number of rotatable bonds is 3. The molecular weight excluding hydrogens is 180 g/mol. The molecule has 3 nitrogen and oxygen atoms in total. The van der Waals surface area contributed by atoms with Crippen LogP contribution in [-0.2, 0) is 0 Å². The summed E-state index contributed by atoms with van der Waals surface area (Å²) in [4.78, 5) is 10.3. The van der Waals surface area contributed by atoms with Crippen LogP contribution in [0.5, 0.6) is 0 Å². The Labute approximate surface area is 66.1 Å². The molecule has 0 atom stereocenters. The van der Waals surface area contributed by atoms with Crippen molar-refractivity contribution in [3.05, 3.63) is 0 Å². The normalized spacial score (nSPS) is 11.5. The largest absolute Gasteiger partial charge is 0.341 e. The molecule has 0 radical (unpaired) electrons. The van der Waals surface area contributed by atoms with Gasteiger partial charge in [-0.1, -0.05) is 0 Å². The predicted octanol–water partition coefficient (Wildman–Crippen LogP) is 0.816. The van der Waals surface area contributed by atoms with Gasteiger partial charge in [-0.15, -0.1) is 0 Å². The van der Waals surface area contributed by atoms with Gasteiger partial charge in [0.25, 0.3) is 0 Å². The minimum atomic E-state index is -4.17. The molecule has 0 aromatic heterocycles. The van der Waals surface area contributed by atoms with E-state index in [2.05, 4.69) is 0 Å². The molecule has 7 heteroatoms. The summed E-state index contributed by atoms with van der Waals surface area (Å²) in [7, 11) is 1.19. The van der Waals surface area contributed by atoms with Gasteiger partial charge in [0.05, 0.1) is 6.54 Å². The highest BCUT2D eigenvalue weighted by molar-refractivity contribution is 5.73. The fraction of sp³-hybridized carbons (Fsp3) is 0.800. The van der Waals surface area contributed by atoms with Crippen molar-refractivity contribution in [1.82, 2.24) is 10.6 Å². The van der Waals surface area contributed by atoms with Gasteiger partial charge in [-0.3, -0.25) is 0 Å². The summed E-state index contributed by atoms with van der Waals surface area (Å²) in [5, 5.41) is 3.52. The molecule has 0 aliphatic heterocycles. The molecule has 0 aromatic rings. The van der Waals surface area contributed by atoms with Gasteiger partial charge in [-0.2, -0.15) is 8.78 Å². The van der Waals surface area contributed by atoms with Gasteiger partial charge < -0.3 is 10.6 Å². The second-order valence-corrected chi connectivity index (χ2v) is 1.99. The Morgan fingerprint density at radius 1 is 1.50 bits per heavy atom. The third-order valence-corrected chi connectivity index (χ3v) is 1.03. The van der Waals surface area contributed by atoms with Crippen LogP contribution in [0.4, 0.5) is 22.4 Å². The van der Waals surface area contributed by atoms with Crippen LogP contribution in [0.2, 0.25) is 0 Å². The maximum absolute atomic E-state index is 12.1. The Kier molecular flexibility index (Phi) is 3.78. The first-order valence-electron chi connectivity index (χ1n) is 3.01. The molecular formula is C5H8F4N2O. The van der Waals surface area contributed by atoms with Crippen molar-refractivity contribution in [1.29, 1.82) is 0 Å². The Bertz CT molecular complexity index is 162. The number of carbonyl (C=O) groups is 1. The van der Waals surface area contributed by atoms with Gasteiger partial charge in [0.2, 0.25) is 0 Å². The van der Waals surface area contributed by atoms with Crippen molar-refractivity contribution in [2.24, 2.45) is 0 Å². The lowest BCUT2D eigenvalue weighted by Crippen LogP contribution is -2.44. The van der Waals surface area contributed by atoms with Gasteiger partial charge in [0.15, 0.2) is 0 Å². The van der Waals surface area contributed by atoms with E-state index in [1.807, 2.05) is 5.32 Å². The van der Waals surface area contributed by atoms with Crippen molar-refractivity contribution in [2.45, 2.75) is 12.3 Å². The quantitative estimate of drug-likeness (QED) is 0.632. The molecule has 0 unspecified atom stereocenters. The van der Waals surface area contributed by atoms with Crippen molar-refractivity contribution in [3.63, 3.8) is 0 Å². The zero-order valence-electron chi connectivity index (χ0n) is 6.20. The standard InChI is InChI=1S/C5H8F4N2O/c1-10-4(12)11-2-5(8,9)3(6)7/h3H,2H2,1H3,(H2,10,11,12). The molecule has 12 heavy (non-hydrogen) atoms. The zero-order chi connectivity index (χ0) is 9.78. The average Bonchev–Trinajstić information content (AvgIpc) is 2.00. The number of urea groups is 1. The molecule has 2 N–H and O–H groups in total. The van der Waals surface area contributed by atoms with E-state index in [1.54, 1.807) is 5.32 Å². The lowest BCUT2D eigenvalue weighted by Gasteiger charge is -2.15. The summed E-state index contributed by atoms with van der Waals surface area (Å²) in [5.41, 5.74) is 0. The van der Waals surface area contributed by atoms with Gasteiger partial charge in [0.1, 0.15) is 0 Å². The fourth-order valence-corrected chi connectivity index (χ4v) is 0.364. The molecule has 2 amide bonds. The average molecular weight is 188 g/mol. The minimum Gasteiger partial charge on any atom is -0.341 e. The molecule has 0 bridgehead atoms. The molecule has 0 saturated heterocycles. The van der Waals surface area contributed by atoms with Crippen molar-refractivity contribution < 1.29 is 22.4 Å². The summed E-state index contributed by atoms with van der Waals surface area (Å²) in [6.07, 6.45) is -3.77. The van der Waals surface area contributed by atoms with E-state index in [0.29, 0.717) is 0 Å². The van der Waals surface area contributed by atoms with Crippen LogP contribution in [0.1, 0.15) is 0 Å². The highest BCUT2D eigenvalue weighted by Crippen LogP contribution is 2.21. The molecule has 0 fully saturated rings. The second-order valence-electron chi connectivity index (χ2n) is 1.99. The Balaban J connectivity index is 3.83. The van der Waals surface area contributed by atoms with E-state index in [1.165, 1.54) is 7.05 Å².